The number of aromatic nitrogens is 1. The molecule has 1 aliphatic rings. The molecule has 0 aliphatic carbocycles. The lowest BCUT2D eigenvalue weighted by molar-refractivity contribution is 0.0866. The van der Waals surface area contributed by atoms with E-state index in [-0.39, 0.29) is 5.54 Å². The molecule has 0 aromatic carbocycles. The molecule has 1 fully saturated rings. The summed E-state index contributed by atoms with van der Waals surface area (Å²) < 4.78 is 0. The Balaban J connectivity index is 2.10. The number of nitrogens with one attached hydrogen (secondary N) is 1. The van der Waals surface area contributed by atoms with Crippen LogP contribution in [0.1, 0.15) is 32.8 Å². The standard InChI is InChI=1S/C14H22ClN3/c1-4-14(3)10-18(11(2)7-17-14)9-12-5-6-16-8-13(12)15/h5-6,8,11,17H,4,7,9-10H2,1-3H3. The summed E-state index contributed by atoms with van der Waals surface area (Å²) in [5.74, 6) is 0. The summed E-state index contributed by atoms with van der Waals surface area (Å²) in [6.45, 7) is 9.79. The third-order valence-corrected chi connectivity index (χ3v) is 4.35. The second-order valence-electron chi connectivity index (χ2n) is 5.52. The SMILES string of the molecule is CCC1(C)CN(Cc2ccncc2Cl)C(C)CN1. The van der Waals surface area contributed by atoms with Gasteiger partial charge in [-0.05, 0) is 31.9 Å². The van der Waals surface area contributed by atoms with E-state index in [4.69, 9.17) is 11.6 Å². The molecule has 2 atom stereocenters. The lowest BCUT2D eigenvalue weighted by atomic mass is 9.93. The van der Waals surface area contributed by atoms with E-state index in [9.17, 15) is 0 Å². The van der Waals surface area contributed by atoms with Crippen LogP contribution in [-0.2, 0) is 6.54 Å². The van der Waals surface area contributed by atoms with Crippen LogP contribution in [0.5, 0.6) is 0 Å². The van der Waals surface area contributed by atoms with Gasteiger partial charge in [0.2, 0.25) is 0 Å². The molecule has 1 N–H and O–H groups in total. The number of halogens is 1. The van der Waals surface area contributed by atoms with Gasteiger partial charge in [-0.3, -0.25) is 9.88 Å². The van der Waals surface area contributed by atoms with Gasteiger partial charge in [0, 0.05) is 43.6 Å². The second-order valence-corrected chi connectivity index (χ2v) is 5.92. The maximum Gasteiger partial charge on any atom is 0.0634 e. The Hall–Kier alpha value is -0.640. The molecular formula is C14H22ClN3. The van der Waals surface area contributed by atoms with Crippen LogP contribution in [0.25, 0.3) is 0 Å². The Labute approximate surface area is 115 Å². The Morgan fingerprint density at radius 3 is 3.06 bits per heavy atom. The summed E-state index contributed by atoms with van der Waals surface area (Å²) in [5.41, 5.74) is 1.38. The van der Waals surface area contributed by atoms with E-state index >= 15 is 0 Å². The van der Waals surface area contributed by atoms with Gasteiger partial charge in [-0.15, -0.1) is 0 Å². The van der Waals surface area contributed by atoms with Gasteiger partial charge >= 0.3 is 0 Å². The van der Waals surface area contributed by atoms with Crippen LogP contribution < -0.4 is 5.32 Å². The normalized spacial score (nSPS) is 29.4. The Bertz CT molecular complexity index is 410. The molecule has 1 aromatic rings. The van der Waals surface area contributed by atoms with Crippen molar-refractivity contribution in [2.24, 2.45) is 0 Å². The van der Waals surface area contributed by atoms with Gasteiger partial charge < -0.3 is 5.32 Å². The third kappa shape index (κ3) is 3.02. The highest BCUT2D eigenvalue weighted by Crippen LogP contribution is 2.23. The number of rotatable bonds is 3. The molecule has 100 valence electrons. The minimum atomic E-state index is 0.214. The monoisotopic (exact) mass is 267 g/mol. The Kier molecular flexibility index (Phi) is 4.25. The predicted molar refractivity (Wildman–Crippen MR) is 75.8 cm³/mol. The maximum atomic E-state index is 6.19. The molecule has 2 heterocycles. The van der Waals surface area contributed by atoms with E-state index < -0.39 is 0 Å². The van der Waals surface area contributed by atoms with Crippen molar-refractivity contribution in [1.29, 1.82) is 0 Å². The zero-order chi connectivity index (χ0) is 13.2. The molecule has 0 saturated carbocycles. The molecule has 0 amide bonds. The highest BCUT2D eigenvalue weighted by molar-refractivity contribution is 6.31. The minimum absolute atomic E-state index is 0.214. The van der Waals surface area contributed by atoms with E-state index in [0.717, 1.165) is 31.1 Å². The average molecular weight is 268 g/mol. The van der Waals surface area contributed by atoms with Crippen molar-refractivity contribution in [2.45, 2.75) is 45.3 Å². The van der Waals surface area contributed by atoms with Gasteiger partial charge in [0.25, 0.3) is 0 Å². The van der Waals surface area contributed by atoms with Crippen molar-refractivity contribution in [2.75, 3.05) is 13.1 Å². The van der Waals surface area contributed by atoms with Gasteiger partial charge in [0.1, 0.15) is 0 Å². The summed E-state index contributed by atoms with van der Waals surface area (Å²) in [4.78, 5) is 6.54. The third-order valence-electron chi connectivity index (χ3n) is 4.01. The van der Waals surface area contributed by atoms with E-state index in [1.807, 2.05) is 12.3 Å². The fraction of sp³-hybridized carbons (Fsp3) is 0.643. The van der Waals surface area contributed by atoms with Crippen molar-refractivity contribution >= 4 is 11.6 Å². The smallest absolute Gasteiger partial charge is 0.0634 e. The summed E-state index contributed by atoms with van der Waals surface area (Å²) in [7, 11) is 0. The maximum absolute atomic E-state index is 6.19. The number of nitrogens with zero attached hydrogens (tertiary/aromatic N) is 2. The van der Waals surface area contributed by atoms with Crippen LogP contribution in [0.2, 0.25) is 5.02 Å². The molecule has 2 rings (SSSR count). The number of pyridine rings is 1. The van der Waals surface area contributed by atoms with Gasteiger partial charge in [0.15, 0.2) is 0 Å². The molecule has 4 heteroatoms. The summed E-state index contributed by atoms with van der Waals surface area (Å²) in [6.07, 6.45) is 4.68. The van der Waals surface area contributed by atoms with Gasteiger partial charge in [-0.25, -0.2) is 0 Å². The molecule has 1 aliphatic heterocycles. The molecule has 0 radical (unpaired) electrons. The van der Waals surface area contributed by atoms with E-state index in [2.05, 4.69) is 36.0 Å². The van der Waals surface area contributed by atoms with Crippen molar-refractivity contribution in [3.05, 3.63) is 29.0 Å². The Morgan fingerprint density at radius 1 is 1.61 bits per heavy atom. The second kappa shape index (κ2) is 5.55. The van der Waals surface area contributed by atoms with Gasteiger partial charge in [0.05, 0.1) is 5.02 Å². The first kappa shape index (κ1) is 13.8. The van der Waals surface area contributed by atoms with Gasteiger partial charge in [-0.2, -0.15) is 0 Å². The Morgan fingerprint density at radius 2 is 2.39 bits per heavy atom. The fourth-order valence-corrected chi connectivity index (χ4v) is 2.56. The topological polar surface area (TPSA) is 28.2 Å². The van der Waals surface area contributed by atoms with Crippen LogP contribution in [0.15, 0.2) is 18.5 Å². The lowest BCUT2D eigenvalue weighted by Crippen LogP contribution is -2.61. The highest BCUT2D eigenvalue weighted by atomic mass is 35.5. The highest BCUT2D eigenvalue weighted by Gasteiger charge is 2.32. The van der Waals surface area contributed by atoms with Gasteiger partial charge in [-0.1, -0.05) is 18.5 Å². The molecule has 0 bridgehead atoms. The minimum Gasteiger partial charge on any atom is -0.309 e. The van der Waals surface area contributed by atoms with Crippen LogP contribution in [0.4, 0.5) is 0 Å². The number of hydrogen-bond donors (Lipinski definition) is 1. The molecule has 0 spiro atoms. The zero-order valence-electron chi connectivity index (χ0n) is 11.4. The van der Waals surface area contributed by atoms with E-state index in [0.29, 0.717) is 6.04 Å². The molecule has 2 unspecified atom stereocenters. The van der Waals surface area contributed by atoms with Crippen LogP contribution >= 0.6 is 11.6 Å². The quantitative estimate of drug-likeness (QED) is 0.913. The fourth-order valence-electron chi connectivity index (χ4n) is 2.38. The average Bonchev–Trinajstić information content (AvgIpc) is 2.37. The molecular weight excluding hydrogens is 246 g/mol. The van der Waals surface area contributed by atoms with Crippen LogP contribution in [0, 0.1) is 0 Å². The zero-order valence-corrected chi connectivity index (χ0v) is 12.2. The largest absolute Gasteiger partial charge is 0.309 e. The van der Waals surface area contributed by atoms with Crippen molar-refractivity contribution in [1.82, 2.24) is 15.2 Å². The first-order valence-corrected chi connectivity index (χ1v) is 6.99. The summed E-state index contributed by atoms with van der Waals surface area (Å²) in [6, 6.07) is 2.55. The van der Waals surface area contributed by atoms with E-state index in [1.54, 1.807) is 6.20 Å². The first-order valence-electron chi connectivity index (χ1n) is 6.61. The molecule has 3 nitrogen and oxygen atoms in total. The molecule has 18 heavy (non-hydrogen) atoms. The number of hydrogen-bond acceptors (Lipinski definition) is 3. The van der Waals surface area contributed by atoms with Crippen LogP contribution in [-0.4, -0.2) is 34.6 Å². The lowest BCUT2D eigenvalue weighted by Gasteiger charge is -2.45. The first-order chi connectivity index (χ1) is 8.54. The molecule has 1 aromatic heterocycles. The predicted octanol–water partition coefficient (Wildman–Crippen LogP) is 2.70. The summed E-state index contributed by atoms with van der Waals surface area (Å²) >= 11 is 6.19. The number of piperazine rings is 1. The van der Waals surface area contributed by atoms with E-state index in [1.165, 1.54) is 5.56 Å². The molecule has 1 saturated heterocycles. The van der Waals surface area contributed by atoms with Crippen molar-refractivity contribution in [3.8, 4) is 0 Å². The van der Waals surface area contributed by atoms with Crippen molar-refractivity contribution in [3.63, 3.8) is 0 Å². The van der Waals surface area contributed by atoms with Crippen LogP contribution in [0.3, 0.4) is 0 Å². The van der Waals surface area contributed by atoms with Crippen molar-refractivity contribution < 1.29 is 0 Å². The summed E-state index contributed by atoms with van der Waals surface area (Å²) in [5, 5.41) is 4.40.